The molecule has 2 N–H and O–H groups in total. The van der Waals surface area contributed by atoms with Crippen LogP contribution in [0.2, 0.25) is 5.02 Å². The maximum Gasteiger partial charge on any atom is 0.263 e. The van der Waals surface area contributed by atoms with Gasteiger partial charge in [-0.15, -0.1) is 0 Å². The minimum atomic E-state index is 0.265. The summed E-state index contributed by atoms with van der Waals surface area (Å²) in [4.78, 5) is 8.70. The molecule has 5 heteroatoms. The van der Waals surface area contributed by atoms with Crippen LogP contribution in [-0.2, 0) is 6.42 Å². The molecule has 0 aliphatic heterocycles. The molecule has 0 spiro atoms. The molecule has 0 saturated carbocycles. The van der Waals surface area contributed by atoms with Gasteiger partial charge in [-0.05, 0) is 42.3 Å². The molecule has 4 nitrogen and oxygen atoms in total. The molecule has 3 rings (SSSR count). The van der Waals surface area contributed by atoms with Crippen molar-refractivity contribution in [2.75, 3.05) is 5.73 Å². The molecule has 1 heterocycles. The quantitative estimate of drug-likeness (QED) is 0.786. The fraction of sp³-hybridized carbons (Fsp3) is 0.125. The number of halogens is 1. The molecule has 0 bridgehead atoms. The number of ether oxygens (including phenoxy) is 1. The van der Waals surface area contributed by atoms with Crippen LogP contribution in [0.15, 0.2) is 42.5 Å². The summed E-state index contributed by atoms with van der Waals surface area (Å²) < 4.78 is 5.76. The Balaban J connectivity index is 1.99. The van der Waals surface area contributed by atoms with Gasteiger partial charge in [0, 0.05) is 5.02 Å². The largest absolute Gasteiger partial charge is 0.436 e. The lowest BCUT2D eigenvalue weighted by Crippen LogP contribution is -1.99. The Morgan fingerprint density at radius 1 is 1.10 bits per heavy atom. The highest BCUT2D eigenvalue weighted by atomic mass is 35.5. The molecular weight excluding hydrogens is 286 g/mol. The smallest absolute Gasteiger partial charge is 0.263 e. The standard InChI is InChI=1S/C16H14ClN3O/c1-2-10-9-11(7-8-12(10)17)21-16-15(18)19-13-5-3-4-6-14(13)20-16/h3-9H,2H2,1H3,(H2,18,19). The van der Waals surface area contributed by atoms with Crippen LogP contribution in [0, 0.1) is 0 Å². The number of anilines is 1. The lowest BCUT2D eigenvalue weighted by Gasteiger charge is -2.09. The second-order valence-corrected chi connectivity index (χ2v) is 5.02. The molecule has 0 saturated heterocycles. The Kier molecular flexibility index (Phi) is 3.62. The van der Waals surface area contributed by atoms with Gasteiger partial charge in [0.2, 0.25) is 0 Å². The third-order valence-corrected chi connectivity index (χ3v) is 3.55. The summed E-state index contributed by atoms with van der Waals surface area (Å²) in [5.74, 6) is 1.22. The van der Waals surface area contributed by atoms with Gasteiger partial charge >= 0.3 is 0 Å². The fourth-order valence-corrected chi connectivity index (χ4v) is 2.32. The first-order valence-corrected chi connectivity index (χ1v) is 7.03. The summed E-state index contributed by atoms with van der Waals surface area (Å²) in [6.07, 6.45) is 0.828. The molecule has 3 aromatic rings. The lowest BCUT2D eigenvalue weighted by molar-refractivity contribution is 0.465. The summed E-state index contributed by atoms with van der Waals surface area (Å²) >= 11 is 6.10. The van der Waals surface area contributed by atoms with Gasteiger partial charge in [0.05, 0.1) is 11.0 Å². The molecule has 0 amide bonds. The van der Waals surface area contributed by atoms with Crippen molar-refractivity contribution in [2.24, 2.45) is 0 Å². The second kappa shape index (κ2) is 5.58. The van der Waals surface area contributed by atoms with Gasteiger partial charge in [-0.3, -0.25) is 0 Å². The molecule has 0 aliphatic rings. The Hall–Kier alpha value is -2.33. The fourth-order valence-electron chi connectivity index (χ4n) is 2.07. The van der Waals surface area contributed by atoms with E-state index in [1.54, 1.807) is 12.1 Å². The number of nitrogens with zero attached hydrogens (tertiary/aromatic N) is 2. The first-order chi connectivity index (χ1) is 10.2. The SMILES string of the molecule is CCc1cc(Oc2nc3ccccc3nc2N)ccc1Cl. The minimum absolute atomic E-state index is 0.265. The third-order valence-electron chi connectivity index (χ3n) is 3.18. The number of aromatic nitrogens is 2. The molecule has 1 aromatic heterocycles. The zero-order chi connectivity index (χ0) is 14.8. The van der Waals surface area contributed by atoms with Crippen molar-refractivity contribution in [3.63, 3.8) is 0 Å². The summed E-state index contributed by atoms with van der Waals surface area (Å²) in [5, 5.41) is 0.724. The van der Waals surface area contributed by atoms with E-state index < -0.39 is 0 Å². The van der Waals surface area contributed by atoms with Crippen LogP contribution >= 0.6 is 11.6 Å². The highest BCUT2D eigenvalue weighted by molar-refractivity contribution is 6.31. The van der Waals surface area contributed by atoms with Gasteiger partial charge in [-0.1, -0.05) is 30.7 Å². The molecular formula is C16H14ClN3O. The number of rotatable bonds is 3. The van der Waals surface area contributed by atoms with Crippen molar-refractivity contribution in [3.05, 3.63) is 53.1 Å². The van der Waals surface area contributed by atoms with E-state index in [1.165, 1.54) is 0 Å². The zero-order valence-corrected chi connectivity index (χ0v) is 12.3. The topological polar surface area (TPSA) is 61.0 Å². The first-order valence-electron chi connectivity index (χ1n) is 6.66. The molecule has 106 valence electrons. The average molecular weight is 300 g/mol. The van der Waals surface area contributed by atoms with Crippen molar-refractivity contribution in [3.8, 4) is 11.6 Å². The third kappa shape index (κ3) is 2.76. The van der Waals surface area contributed by atoms with Gasteiger partial charge in [0.25, 0.3) is 5.88 Å². The number of benzene rings is 2. The van der Waals surface area contributed by atoms with Gasteiger partial charge in [0.15, 0.2) is 5.82 Å². The number of hydrogen-bond donors (Lipinski definition) is 1. The van der Waals surface area contributed by atoms with Crippen molar-refractivity contribution < 1.29 is 4.74 Å². The maximum absolute atomic E-state index is 6.10. The van der Waals surface area contributed by atoms with E-state index >= 15 is 0 Å². The number of nitrogen functional groups attached to an aromatic ring is 1. The molecule has 0 aliphatic carbocycles. The average Bonchev–Trinajstić information content (AvgIpc) is 2.50. The van der Waals surface area contributed by atoms with E-state index in [-0.39, 0.29) is 5.82 Å². The Morgan fingerprint density at radius 2 is 1.81 bits per heavy atom. The van der Waals surface area contributed by atoms with Gasteiger partial charge in [-0.25, -0.2) is 9.97 Å². The summed E-state index contributed by atoms with van der Waals surface area (Å²) in [6.45, 7) is 2.04. The van der Waals surface area contributed by atoms with Crippen molar-refractivity contribution >= 4 is 28.5 Å². The highest BCUT2D eigenvalue weighted by Crippen LogP contribution is 2.29. The van der Waals surface area contributed by atoms with E-state index in [4.69, 9.17) is 22.1 Å². The van der Waals surface area contributed by atoms with Gasteiger partial charge < -0.3 is 10.5 Å². The zero-order valence-electron chi connectivity index (χ0n) is 11.5. The number of hydrogen-bond acceptors (Lipinski definition) is 4. The molecule has 0 atom stereocenters. The van der Waals surface area contributed by atoms with E-state index in [9.17, 15) is 0 Å². The number of fused-ring (bicyclic) bond motifs is 1. The number of aryl methyl sites for hydroxylation is 1. The van der Waals surface area contributed by atoms with E-state index in [0.717, 1.165) is 28.0 Å². The van der Waals surface area contributed by atoms with Crippen LogP contribution in [0.1, 0.15) is 12.5 Å². The predicted molar refractivity (Wildman–Crippen MR) is 84.9 cm³/mol. The molecule has 0 radical (unpaired) electrons. The van der Waals surface area contributed by atoms with Crippen molar-refractivity contribution in [1.82, 2.24) is 9.97 Å². The van der Waals surface area contributed by atoms with Crippen LogP contribution in [0.3, 0.4) is 0 Å². The predicted octanol–water partition coefficient (Wildman–Crippen LogP) is 4.22. The van der Waals surface area contributed by atoms with Crippen molar-refractivity contribution in [2.45, 2.75) is 13.3 Å². The van der Waals surface area contributed by atoms with Crippen LogP contribution in [0.25, 0.3) is 11.0 Å². The number of nitrogens with two attached hydrogens (primary N) is 1. The van der Waals surface area contributed by atoms with Gasteiger partial charge in [0.1, 0.15) is 5.75 Å². The monoisotopic (exact) mass is 299 g/mol. The molecule has 21 heavy (non-hydrogen) atoms. The maximum atomic E-state index is 6.10. The lowest BCUT2D eigenvalue weighted by atomic mass is 10.1. The Labute approximate surface area is 127 Å². The van der Waals surface area contributed by atoms with E-state index in [2.05, 4.69) is 9.97 Å². The normalized spacial score (nSPS) is 10.8. The van der Waals surface area contributed by atoms with Crippen LogP contribution < -0.4 is 10.5 Å². The van der Waals surface area contributed by atoms with Crippen LogP contribution in [0.4, 0.5) is 5.82 Å². The summed E-state index contributed by atoms with van der Waals surface area (Å²) in [7, 11) is 0. The van der Waals surface area contributed by atoms with Gasteiger partial charge in [-0.2, -0.15) is 0 Å². The van der Waals surface area contributed by atoms with E-state index in [1.807, 2.05) is 37.3 Å². The first kappa shape index (κ1) is 13.6. The summed E-state index contributed by atoms with van der Waals surface area (Å²) in [5.41, 5.74) is 8.41. The Bertz CT molecular complexity index is 805. The van der Waals surface area contributed by atoms with Crippen molar-refractivity contribution in [1.29, 1.82) is 0 Å². The summed E-state index contributed by atoms with van der Waals surface area (Å²) in [6, 6.07) is 13.0. The number of para-hydroxylation sites is 2. The molecule has 0 fully saturated rings. The van der Waals surface area contributed by atoms with Crippen LogP contribution in [0.5, 0.6) is 11.6 Å². The van der Waals surface area contributed by atoms with E-state index in [0.29, 0.717) is 11.6 Å². The minimum Gasteiger partial charge on any atom is -0.436 e. The highest BCUT2D eigenvalue weighted by Gasteiger charge is 2.09. The molecule has 0 unspecified atom stereocenters. The second-order valence-electron chi connectivity index (χ2n) is 4.61. The molecule has 2 aromatic carbocycles. The Morgan fingerprint density at radius 3 is 2.52 bits per heavy atom. The van der Waals surface area contributed by atoms with Crippen LogP contribution in [-0.4, -0.2) is 9.97 Å².